The summed E-state index contributed by atoms with van der Waals surface area (Å²) in [5, 5.41) is 12.5. The Kier molecular flexibility index (Phi) is 3.62. The van der Waals surface area contributed by atoms with Crippen molar-refractivity contribution in [2.75, 3.05) is 5.32 Å². The van der Waals surface area contributed by atoms with Gasteiger partial charge in [0.1, 0.15) is 5.82 Å². The van der Waals surface area contributed by atoms with Gasteiger partial charge in [-0.05, 0) is 46.3 Å². The highest BCUT2D eigenvalue weighted by atomic mass is 79.9. The summed E-state index contributed by atoms with van der Waals surface area (Å²) >= 11 is 9.14. The minimum Gasteiger partial charge on any atom is -0.339 e. The predicted molar refractivity (Wildman–Crippen MR) is 71.4 cm³/mol. The first-order chi connectivity index (χ1) is 8.19. The summed E-state index contributed by atoms with van der Waals surface area (Å²) in [6, 6.07) is 10.9. The standard InChI is InChI=1S/C12H7BrClN3/c13-10-5-8(6-15)1-3-11(10)17-12-4-2-9(14)7-16-12/h1-5,7H,(H,16,17). The van der Waals surface area contributed by atoms with Crippen LogP contribution >= 0.6 is 27.5 Å². The number of hydrogen-bond donors (Lipinski definition) is 1. The van der Waals surface area contributed by atoms with E-state index in [9.17, 15) is 0 Å². The van der Waals surface area contributed by atoms with Crippen molar-refractivity contribution in [3.63, 3.8) is 0 Å². The van der Waals surface area contributed by atoms with E-state index in [4.69, 9.17) is 16.9 Å². The molecule has 3 nitrogen and oxygen atoms in total. The summed E-state index contributed by atoms with van der Waals surface area (Å²) in [6.45, 7) is 0. The highest BCUT2D eigenvalue weighted by molar-refractivity contribution is 9.10. The Hall–Kier alpha value is -1.57. The number of rotatable bonds is 2. The fourth-order valence-electron chi connectivity index (χ4n) is 1.27. The molecule has 84 valence electrons. The number of halogens is 2. The zero-order chi connectivity index (χ0) is 12.3. The van der Waals surface area contributed by atoms with Gasteiger partial charge in [-0.1, -0.05) is 11.6 Å². The van der Waals surface area contributed by atoms with Crippen LogP contribution in [-0.2, 0) is 0 Å². The molecular formula is C12H7BrClN3. The molecule has 0 aliphatic heterocycles. The van der Waals surface area contributed by atoms with E-state index in [0.717, 1.165) is 10.2 Å². The Bertz CT molecular complexity index is 575. The van der Waals surface area contributed by atoms with E-state index in [0.29, 0.717) is 16.4 Å². The molecular weight excluding hydrogens is 302 g/mol. The van der Waals surface area contributed by atoms with Gasteiger partial charge in [-0.2, -0.15) is 5.26 Å². The summed E-state index contributed by atoms with van der Waals surface area (Å²) in [7, 11) is 0. The Morgan fingerprint density at radius 1 is 1.29 bits per heavy atom. The maximum atomic E-state index is 8.75. The van der Waals surface area contributed by atoms with E-state index >= 15 is 0 Å². The van der Waals surface area contributed by atoms with E-state index in [1.165, 1.54) is 0 Å². The van der Waals surface area contributed by atoms with Crippen LogP contribution in [0, 0.1) is 11.3 Å². The van der Waals surface area contributed by atoms with Gasteiger partial charge in [0.2, 0.25) is 0 Å². The maximum absolute atomic E-state index is 8.75. The molecule has 2 rings (SSSR count). The second-order valence-corrected chi connectivity index (χ2v) is 4.58. The molecule has 0 unspecified atom stereocenters. The molecule has 5 heteroatoms. The average molecular weight is 309 g/mol. The highest BCUT2D eigenvalue weighted by Crippen LogP contribution is 2.26. The highest BCUT2D eigenvalue weighted by Gasteiger charge is 2.02. The largest absolute Gasteiger partial charge is 0.339 e. The number of aromatic nitrogens is 1. The third kappa shape index (κ3) is 2.96. The van der Waals surface area contributed by atoms with Gasteiger partial charge >= 0.3 is 0 Å². The van der Waals surface area contributed by atoms with Crippen LogP contribution in [0.5, 0.6) is 0 Å². The van der Waals surface area contributed by atoms with Crippen molar-refractivity contribution in [1.82, 2.24) is 4.98 Å². The normalized spacial score (nSPS) is 9.71. The van der Waals surface area contributed by atoms with E-state index in [-0.39, 0.29) is 0 Å². The third-order valence-corrected chi connectivity index (χ3v) is 2.97. The smallest absolute Gasteiger partial charge is 0.130 e. The molecule has 17 heavy (non-hydrogen) atoms. The van der Waals surface area contributed by atoms with Crippen molar-refractivity contribution in [3.05, 3.63) is 51.6 Å². The van der Waals surface area contributed by atoms with Crippen LogP contribution < -0.4 is 5.32 Å². The maximum Gasteiger partial charge on any atom is 0.130 e. The van der Waals surface area contributed by atoms with Crippen LogP contribution in [0.4, 0.5) is 11.5 Å². The van der Waals surface area contributed by atoms with Crippen molar-refractivity contribution in [1.29, 1.82) is 5.26 Å². The van der Waals surface area contributed by atoms with E-state index in [1.807, 2.05) is 6.07 Å². The van der Waals surface area contributed by atoms with Gasteiger partial charge in [-0.3, -0.25) is 0 Å². The summed E-state index contributed by atoms with van der Waals surface area (Å²) in [5.74, 6) is 0.694. The van der Waals surface area contributed by atoms with Crippen LogP contribution in [0.3, 0.4) is 0 Å². The molecule has 1 N–H and O–H groups in total. The number of pyridine rings is 1. The lowest BCUT2D eigenvalue weighted by molar-refractivity contribution is 1.30. The zero-order valence-electron chi connectivity index (χ0n) is 8.61. The first-order valence-corrected chi connectivity index (χ1v) is 5.94. The molecule has 1 aromatic heterocycles. The van der Waals surface area contributed by atoms with Gasteiger partial charge in [0.25, 0.3) is 0 Å². The van der Waals surface area contributed by atoms with Gasteiger partial charge in [0.05, 0.1) is 22.3 Å². The Morgan fingerprint density at radius 3 is 2.71 bits per heavy atom. The van der Waals surface area contributed by atoms with Crippen LogP contribution in [0.15, 0.2) is 41.0 Å². The quantitative estimate of drug-likeness (QED) is 0.908. The van der Waals surface area contributed by atoms with E-state index in [1.54, 1.807) is 30.5 Å². The second-order valence-electron chi connectivity index (χ2n) is 3.29. The molecule has 0 radical (unpaired) electrons. The van der Waals surface area contributed by atoms with Crippen LogP contribution in [0.25, 0.3) is 0 Å². The Labute approximate surface area is 112 Å². The SMILES string of the molecule is N#Cc1ccc(Nc2ccc(Cl)cn2)c(Br)c1. The first kappa shape index (κ1) is 11.9. The van der Waals surface area contributed by atoms with Crippen molar-refractivity contribution in [2.45, 2.75) is 0 Å². The number of hydrogen-bond acceptors (Lipinski definition) is 3. The lowest BCUT2D eigenvalue weighted by atomic mass is 10.2. The molecule has 0 fully saturated rings. The minimum atomic E-state index is 0.592. The number of nitrogens with zero attached hydrogens (tertiary/aromatic N) is 2. The predicted octanol–water partition coefficient (Wildman–Crippen LogP) is 4.11. The number of nitrogens with one attached hydrogen (secondary N) is 1. The Morgan fingerprint density at radius 2 is 2.12 bits per heavy atom. The van der Waals surface area contributed by atoms with E-state index in [2.05, 4.69) is 32.3 Å². The Balaban J connectivity index is 2.25. The number of nitriles is 1. The summed E-state index contributed by atoms with van der Waals surface area (Å²) in [4.78, 5) is 4.13. The summed E-state index contributed by atoms with van der Waals surface area (Å²) < 4.78 is 0.813. The zero-order valence-corrected chi connectivity index (χ0v) is 11.0. The topological polar surface area (TPSA) is 48.7 Å². The molecule has 0 aliphatic rings. The summed E-state index contributed by atoms with van der Waals surface area (Å²) in [6.07, 6.45) is 1.57. The van der Waals surface area contributed by atoms with Gasteiger partial charge in [0, 0.05) is 10.7 Å². The first-order valence-electron chi connectivity index (χ1n) is 4.77. The van der Waals surface area contributed by atoms with Crippen LogP contribution in [0.1, 0.15) is 5.56 Å². The molecule has 0 saturated carbocycles. The van der Waals surface area contributed by atoms with Crippen LogP contribution in [-0.4, -0.2) is 4.98 Å². The van der Waals surface area contributed by atoms with Gasteiger partial charge < -0.3 is 5.32 Å². The van der Waals surface area contributed by atoms with Gasteiger partial charge in [-0.15, -0.1) is 0 Å². The molecule has 0 saturated heterocycles. The molecule has 1 heterocycles. The van der Waals surface area contributed by atoms with Crippen molar-refractivity contribution in [3.8, 4) is 6.07 Å². The summed E-state index contributed by atoms with van der Waals surface area (Å²) in [5.41, 5.74) is 1.45. The lowest BCUT2D eigenvalue weighted by Crippen LogP contribution is -1.94. The molecule has 0 spiro atoms. The molecule has 0 atom stereocenters. The number of anilines is 2. The van der Waals surface area contributed by atoms with Crippen molar-refractivity contribution < 1.29 is 0 Å². The molecule has 1 aromatic carbocycles. The monoisotopic (exact) mass is 307 g/mol. The van der Waals surface area contributed by atoms with E-state index < -0.39 is 0 Å². The molecule has 0 amide bonds. The fourth-order valence-corrected chi connectivity index (χ4v) is 1.86. The molecule has 0 aliphatic carbocycles. The fraction of sp³-hybridized carbons (Fsp3) is 0. The second kappa shape index (κ2) is 5.17. The number of benzene rings is 1. The van der Waals surface area contributed by atoms with Crippen LogP contribution in [0.2, 0.25) is 5.02 Å². The third-order valence-electron chi connectivity index (χ3n) is 2.09. The minimum absolute atomic E-state index is 0.592. The molecule has 0 bridgehead atoms. The van der Waals surface area contributed by atoms with Gasteiger partial charge in [-0.25, -0.2) is 4.98 Å². The lowest BCUT2D eigenvalue weighted by Gasteiger charge is -2.07. The van der Waals surface area contributed by atoms with Crippen molar-refractivity contribution >= 4 is 39.0 Å². The average Bonchev–Trinajstić information content (AvgIpc) is 2.34. The van der Waals surface area contributed by atoms with Crippen molar-refractivity contribution in [2.24, 2.45) is 0 Å². The molecule has 2 aromatic rings. The van der Waals surface area contributed by atoms with Gasteiger partial charge in [0.15, 0.2) is 0 Å².